The number of hydrogen-bond acceptors (Lipinski definition) is 4. The van der Waals surface area contributed by atoms with Crippen LogP contribution in [0.1, 0.15) is 20.3 Å². The van der Waals surface area contributed by atoms with E-state index in [4.69, 9.17) is 0 Å². The SMILES string of the molecule is CCC(=O)SCCNS(=O)(=O)CC. The standard InChI is InChI=1S/C7H15NO3S2/c1-3-7(9)12-6-5-8-13(10,11)4-2/h8H,3-6H2,1-2H3. The Morgan fingerprint density at radius 2 is 2.00 bits per heavy atom. The fraction of sp³-hybridized carbons (Fsp3) is 0.857. The fourth-order valence-corrected chi connectivity index (χ4v) is 1.95. The van der Waals surface area contributed by atoms with E-state index >= 15 is 0 Å². The molecule has 0 bridgehead atoms. The van der Waals surface area contributed by atoms with E-state index in [1.807, 2.05) is 0 Å². The largest absolute Gasteiger partial charge is 0.287 e. The molecular weight excluding hydrogens is 210 g/mol. The van der Waals surface area contributed by atoms with Crippen LogP contribution in [0.3, 0.4) is 0 Å². The average Bonchev–Trinajstić information content (AvgIpc) is 2.12. The van der Waals surface area contributed by atoms with Gasteiger partial charge < -0.3 is 0 Å². The first-order chi connectivity index (χ1) is 6.02. The molecule has 0 heterocycles. The van der Waals surface area contributed by atoms with Gasteiger partial charge in [0.2, 0.25) is 10.0 Å². The van der Waals surface area contributed by atoms with E-state index in [1.165, 1.54) is 0 Å². The molecule has 0 atom stereocenters. The summed E-state index contributed by atoms with van der Waals surface area (Å²) < 4.78 is 24.2. The van der Waals surface area contributed by atoms with Crippen LogP contribution >= 0.6 is 11.8 Å². The van der Waals surface area contributed by atoms with Crippen molar-refractivity contribution in [3.63, 3.8) is 0 Å². The zero-order valence-electron chi connectivity index (χ0n) is 7.87. The Hall–Kier alpha value is -0.0700. The third-order valence-electron chi connectivity index (χ3n) is 1.36. The van der Waals surface area contributed by atoms with Gasteiger partial charge in [0.1, 0.15) is 0 Å². The minimum Gasteiger partial charge on any atom is -0.287 e. The summed E-state index contributed by atoms with van der Waals surface area (Å²) in [7, 11) is -3.10. The van der Waals surface area contributed by atoms with Crippen LogP contribution in [0.4, 0.5) is 0 Å². The molecule has 0 saturated heterocycles. The van der Waals surface area contributed by atoms with E-state index in [2.05, 4.69) is 4.72 Å². The highest BCUT2D eigenvalue weighted by Gasteiger charge is 2.05. The van der Waals surface area contributed by atoms with Crippen LogP contribution in [0, 0.1) is 0 Å². The molecule has 0 fully saturated rings. The van der Waals surface area contributed by atoms with Crippen LogP contribution in [-0.4, -0.2) is 31.6 Å². The van der Waals surface area contributed by atoms with Crippen LogP contribution in [-0.2, 0) is 14.8 Å². The van der Waals surface area contributed by atoms with Crippen LogP contribution in [0.2, 0.25) is 0 Å². The van der Waals surface area contributed by atoms with Crippen molar-refractivity contribution in [2.75, 3.05) is 18.1 Å². The summed E-state index contributed by atoms with van der Waals surface area (Å²) in [5, 5.41) is 0.0932. The Kier molecular flexibility index (Phi) is 6.36. The Bertz CT molecular complexity index is 248. The van der Waals surface area contributed by atoms with Gasteiger partial charge in [-0.25, -0.2) is 13.1 Å². The first-order valence-corrected chi connectivity index (χ1v) is 6.78. The lowest BCUT2D eigenvalue weighted by molar-refractivity contribution is -0.110. The molecule has 0 aliphatic heterocycles. The second-order valence-corrected chi connectivity index (χ2v) is 5.62. The van der Waals surface area contributed by atoms with Crippen molar-refractivity contribution in [1.82, 2.24) is 4.72 Å². The van der Waals surface area contributed by atoms with E-state index in [0.29, 0.717) is 18.7 Å². The Morgan fingerprint density at radius 3 is 2.46 bits per heavy atom. The van der Waals surface area contributed by atoms with Gasteiger partial charge in [0, 0.05) is 18.7 Å². The first kappa shape index (κ1) is 12.9. The van der Waals surface area contributed by atoms with Gasteiger partial charge in [-0.15, -0.1) is 0 Å². The maximum atomic E-state index is 10.9. The lowest BCUT2D eigenvalue weighted by atomic mass is 10.6. The van der Waals surface area contributed by atoms with Gasteiger partial charge in [-0.1, -0.05) is 18.7 Å². The van der Waals surface area contributed by atoms with Crippen molar-refractivity contribution in [1.29, 1.82) is 0 Å². The molecule has 6 heteroatoms. The summed E-state index contributed by atoms with van der Waals surface area (Å²) in [5.74, 6) is 0.589. The first-order valence-electron chi connectivity index (χ1n) is 4.14. The molecule has 0 rings (SSSR count). The minimum atomic E-state index is -3.10. The summed E-state index contributed by atoms with van der Waals surface area (Å²) in [4.78, 5) is 10.8. The monoisotopic (exact) mass is 225 g/mol. The van der Waals surface area contributed by atoms with E-state index in [-0.39, 0.29) is 10.9 Å². The van der Waals surface area contributed by atoms with Crippen LogP contribution in [0.15, 0.2) is 0 Å². The maximum Gasteiger partial charge on any atom is 0.211 e. The predicted molar refractivity (Wildman–Crippen MR) is 55.2 cm³/mol. The van der Waals surface area contributed by atoms with Crippen molar-refractivity contribution in [2.24, 2.45) is 0 Å². The molecule has 0 aliphatic rings. The van der Waals surface area contributed by atoms with Gasteiger partial charge in [0.15, 0.2) is 5.12 Å². The normalized spacial score (nSPS) is 11.5. The van der Waals surface area contributed by atoms with Crippen LogP contribution in [0.25, 0.3) is 0 Å². The Labute approximate surface area is 83.5 Å². The summed E-state index contributed by atoms with van der Waals surface area (Å²) >= 11 is 1.16. The van der Waals surface area contributed by atoms with Crippen molar-refractivity contribution in [3.8, 4) is 0 Å². The maximum absolute atomic E-state index is 10.9. The van der Waals surface area contributed by atoms with Crippen molar-refractivity contribution < 1.29 is 13.2 Å². The molecule has 0 radical (unpaired) electrons. The smallest absolute Gasteiger partial charge is 0.211 e. The lowest BCUT2D eigenvalue weighted by Crippen LogP contribution is -2.27. The van der Waals surface area contributed by atoms with E-state index in [0.717, 1.165) is 11.8 Å². The zero-order chi connectivity index (χ0) is 10.3. The topological polar surface area (TPSA) is 63.2 Å². The van der Waals surface area contributed by atoms with Crippen LogP contribution in [0.5, 0.6) is 0 Å². The predicted octanol–water partition coefficient (Wildman–Crippen LogP) is 0.595. The number of rotatable bonds is 6. The lowest BCUT2D eigenvalue weighted by Gasteiger charge is -2.02. The molecule has 1 N–H and O–H groups in total. The summed E-state index contributed by atoms with van der Waals surface area (Å²) in [5.41, 5.74) is 0. The molecule has 0 amide bonds. The second kappa shape index (κ2) is 6.39. The fourth-order valence-electron chi connectivity index (χ4n) is 0.566. The highest BCUT2D eigenvalue weighted by molar-refractivity contribution is 8.13. The van der Waals surface area contributed by atoms with Gasteiger partial charge in [0.25, 0.3) is 0 Å². The van der Waals surface area contributed by atoms with E-state index in [9.17, 15) is 13.2 Å². The summed E-state index contributed by atoms with van der Waals surface area (Å²) in [6, 6.07) is 0. The molecule has 4 nitrogen and oxygen atoms in total. The van der Waals surface area contributed by atoms with Gasteiger partial charge in [-0.05, 0) is 6.92 Å². The number of sulfonamides is 1. The van der Waals surface area contributed by atoms with Gasteiger partial charge in [0.05, 0.1) is 5.75 Å². The van der Waals surface area contributed by atoms with Crippen LogP contribution < -0.4 is 4.72 Å². The third kappa shape index (κ3) is 7.04. The highest BCUT2D eigenvalue weighted by Crippen LogP contribution is 2.03. The summed E-state index contributed by atoms with van der Waals surface area (Å²) in [6.45, 7) is 3.69. The molecular formula is C7H15NO3S2. The summed E-state index contributed by atoms with van der Waals surface area (Å²) in [6.07, 6.45) is 0.491. The molecule has 0 unspecified atom stereocenters. The van der Waals surface area contributed by atoms with Gasteiger partial charge in [-0.3, -0.25) is 4.79 Å². The number of carbonyl (C=O) groups excluding carboxylic acids is 1. The van der Waals surface area contributed by atoms with Crippen molar-refractivity contribution in [3.05, 3.63) is 0 Å². The quantitative estimate of drug-likeness (QED) is 0.672. The van der Waals surface area contributed by atoms with Gasteiger partial charge >= 0.3 is 0 Å². The number of hydrogen-bond donors (Lipinski definition) is 1. The molecule has 0 saturated carbocycles. The number of nitrogens with one attached hydrogen (secondary N) is 1. The van der Waals surface area contributed by atoms with Crippen molar-refractivity contribution >= 4 is 26.9 Å². The Morgan fingerprint density at radius 1 is 1.38 bits per heavy atom. The number of thioether (sulfide) groups is 1. The third-order valence-corrected chi connectivity index (χ3v) is 3.78. The van der Waals surface area contributed by atoms with Crippen molar-refractivity contribution in [2.45, 2.75) is 20.3 Å². The molecule has 0 spiro atoms. The molecule has 78 valence electrons. The minimum absolute atomic E-state index is 0.0827. The molecule has 0 aliphatic carbocycles. The zero-order valence-corrected chi connectivity index (χ0v) is 9.50. The molecule has 0 aromatic carbocycles. The number of carbonyl (C=O) groups is 1. The highest BCUT2D eigenvalue weighted by atomic mass is 32.2. The second-order valence-electron chi connectivity index (χ2n) is 2.37. The van der Waals surface area contributed by atoms with Gasteiger partial charge in [-0.2, -0.15) is 0 Å². The average molecular weight is 225 g/mol. The van der Waals surface area contributed by atoms with E-state index in [1.54, 1.807) is 13.8 Å². The molecule has 0 aromatic heterocycles. The van der Waals surface area contributed by atoms with E-state index < -0.39 is 10.0 Å². The molecule has 13 heavy (non-hydrogen) atoms. The molecule has 0 aromatic rings. The Balaban J connectivity index is 3.52.